The molecule has 1 saturated heterocycles. The summed E-state index contributed by atoms with van der Waals surface area (Å²) < 4.78 is 0. The van der Waals surface area contributed by atoms with Gasteiger partial charge in [-0.05, 0) is 19.3 Å². The molecule has 0 radical (unpaired) electrons. The molecule has 1 fully saturated rings. The molecule has 0 aromatic carbocycles. The van der Waals surface area contributed by atoms with Crippen molar-refractivity contribution < 1.29 is 49.2 Å². The van der Waals surface area contributed by atoms with Crippen LogP contribution in [0.15, 0.2) is 0 Å². The second kappa shape index (κ2) is 22.1. The number of carboxylic acids is 3. The number of unbranched alkanes of at least 4 members (excludes halogenated alkanes) is 1. The smallest absolute Gasteiger partial charge is 0.320 e. The van der Waals surface area contributed by atoms with Gasteiger partial charge in [0, 0.05) is 66.0 Å². The van der Waals surface area contributed by atoms with E-state index in [1.807, 2.05) is 4.90 Å². The zero-order valence-corrected chi connectivity index (χ0v) is 22.6. The molecule has 1 heterocycles. The van der Waals surface area contributed by atoms with Crippen molar-refractivity contribution in [2.45, 2.75) is 25.3 Å². The highest BCUT2D eigenvalue weighted by Gasteiger charge is 2.27. The first-order valence-electron chi connectivity index (χ1n) is 12.7. The van der Waals surface area contributed by atoms with Crippen LogP contribution in [-0.4, -0.2) is 168 Å². The zero-order valence-electron chi connectivity index (χ0n) is 22.6. The number of aliphatic hydroxyl groups is 1. The number of aliphatic hydroxyl groups excluding tert-OH is 1. The average molecular weight is 565 g/mol. The summed E-state index contributed by atoms with van der Waals surface area (Å²) >= 11 is 0. The molecule has 0 aromatic heterocycles. The Kier molecular flexibility index (Phi) is 20.6. The van der Waals surface area contributed by atoms with Crippen LogP contribution in [0, 0.1) is 0 Å². The molecule has 16 nitrogen and oxygen atoms in total. The second-order valence-corrected chi connectivity index (χ2v) is 8.85. The molecule has 1 aliphatic rings. The van der Waals surface area contributed by atoms with Crippen LogP contribution in [0.5, 0.6) is 0 Å². The van der Waals surface area contributed by atoms with E-state index in [0.29, 0.717) is 65.1 Å². The third-order valence-electron chi connectivity index (χ3n) is 6.09. The van der Waals surface area contributed by atoms with Crippen LogP contribution < -0.4 is 11.2 Å². The summed E-state index contributed by atoms with van der Waals surface area (Å²) in [7, 11) is 1.00. The van der Waals surface area contributed by atoms with Gasteiger partial charge in [-0.3, -0.25) is 43.6 Å². The third kappa shape index (κ3) is 17.5. The van der Waals surface area contributed by atoms with Gasteiger partial charge in [-0.1, -0.05) is 0 Å². The predicted octanol–water partition coefficient (Wildman–Crippen LogP) is -3.19. The van der Waals surface area contributed by atoms with Gasteiger partial charge >= 0.3 is 17.9 Å². The molecule has 1 unspecified atom stereocenters. The predicted molar refractivity (Wildman–Crippen MR) is 139 cm³/mol. The van der Waals surface area contributed by atoms with Crippen molar-refractivity contribution in [2.24, 2.45) is 5.90 Å². The summed E-state index contributed by atoms with van der Waals surface area (Å²) in [6, 6.07) is -0.834. The third-order valence-corrected chi connectivity index (χ3v) is 6.09. The number of aliphatic carboxylic acids is 3. The Balaban J connectivity index is 0.00000704. The van der Waals surface area contributed by atoms with E-state index in [4.69, 9.17) is 11.0 Å². The summed E-state index contributed by atoms with van der Waals surface area (Å²) in [5.74, 6) is 1.45. The Morgan fingerprint density at radius 3 is 1.79 bits per heavy atom. The van der Waals surface area contributed by atoms with E-state index >= 15 is 0 Å². The van der Waals surface area contributed by atoms with Crippen molar-refractivity contribution in [1.29, 1.82) is 0 Å². The SMILES string of the molecule is CO.NOCC(=O)NCCCCC(C(=O)O)N1CCN(CC=O)CCN(CC(=O)O)CCN(CC(=O)O)CC1. The first-order chi connectivity index (χ1) is 18.7. The molecule has 16 heteroatoms. The number of nitrogens with zero attached hydrogens (tertiary/aromatic N) is 4. The molecule has 0 aromatic rings. The molecule has 7 N–H and O–H groups in total. The molecule has 0 bridgehead atoms. The fraction of sp³-hybridized carbons (Fsp3) is 0.783. The highest BCUT2D eigenvalue weighted by Crippen LogP contribution is 2.11. The van der Waals surface area contributed by atoms with Gasteiger partial charge < -0.3 is 30.5 Å². The number of nitrogens with one attached hydrogen (secondary N) is 1. The lowest BCUT2D eigenvalue weighted by Gasteiger charge is -2.35. The number of carboxylic acid groups (broad SMARTS) is 3. The minimum absolute atomic E-state index is 0.129. The van der Waals surface area contributed by atoms with Crippen LogP contribution in [-0.2, 0) is 28.8 Å². The Morgan fingerprint density at radius 1 is 0.846 bits per heavy atom. The number of aldehydes is 1. The van der Waals surface area contributed by atoms with Gasteiger partial charge in [0.05, 0.1) is 19.6 Å². The van der Waals surface area contributed by atoms with Crippen molar-refractivity contribution in [3.63, 3.8) is 0 Å². The highest BCUT2D eigenvalue weighted by molar-refractivity contribution is 5.77. The fourth-order valence-corrected chi connectivity index (χ4v) is 4.13. The molecular formula is C23H44N6O10. The van der Waals surface area contributed by atoms with Crippen molar-refractivity contribution in [1.82, 2.24) is 24.9 Å². The lowest BCUT2D eigenvalue weighted by Crippen LogP contribution is -2.51. The van der Waals surface area contributed by atoms with Crippen molar-refractivity contribution in [3.05, 3.63) is 0 Å². The Morgan fingerprint density at radius 2 is 1.33 bits per heavy atom. The van der Waals surface area contributed by atoms with Gasteiger partial charge in [0.2, 0.25) is 5.91 Å². The summed E-state index contributed by atoms with van der Waals surface area (Å²) in [4.78, 5) is 68.7. The molecule has 0 spiro atoms. The van der Waals surface area contributed by atoms with Crippen molar-refractivity contribution >= 4 is 30.1 Å². The topological polar surface area (TPSA) is 227 Å². The highest BCUT2D eigenvalue weighted by atomic mass is 16.6. The molecule has 226 valence electrons. The fourth-order valence-electron chi connectivity index (χ4n) is 4.13. The Labute approximate surface area is 228 Å². The standard InChI is InChI=1S/C22H40N6O9.CH4O/c23-37-17-19(30)24-4-2-1-3-18(22(35)36)28-11-9-25(13-14-29)5-6-26(15-20(31)32)7-8-27(10-12-28)16-21(33)34;1-2/h14,18H,1-13,15-17,23H2,(H,24,30)(H,31,32)(H,33,34)(H,35,36);2H,1H3. The van der Waals surface area contributed by atoms with E-state index in [1.54, 1.807) is 14.7 Å². The van der Waals surface area contributed by atoms with Crippen LogP contribution in [0.25, 0.3) is 0 Å². The normalized spacial score (nSPS) is 17.5. The second-order valence-electron chi connectivity index (χ2n) is 8.85. The molecular weight excluding hydrogens is 520 g/mol. The minimum Gasteiger partial charge on any atom is -0.480 e. The van der Waals surface area contributed by atoms with Gasteiger partial charge in [-0.2, -0.15) is 0 Å². The maximum Gasteiger partial charge on any atom is 0.320 e. The van der Waals surface area contributed by atoms with E-state index in [0.717, 1.165) is 13.4 Å². The number of hydrogen-bond donors (Lipinski definition) is 6. The molecule has 39 heavy (non-hydrogen) atoms. The largest absolute Gasteiger partial charge is 0.480 e. The van der Waals surface area contributed by atoms with Gasteiger partial charge in [-0.25, -0.2) is 5.90 Å². The van der Waals surface area contributed by atoms with Crippen LogP contribution in [0.4, 0.5) is 0 Å². The van der Waals surface area contributed by atoms with E-state index in [1.165, 1.54) is 0 Å². The Hall–Kier alpha value is -2.73. The van der Waals surface area contributed by atoms with Crippen LogP contribution in [0.1, 0.15) is 19.3 Å². The van der Waals surface area contributed by atoms with Crippen molar-refractivity contribution in [3.8, 4) is 0 Å². The number of carbonyl (C=O) groups is 5. The van der Waals surface area contributed by atoms with Gasteiger partial charge in [0.15, 0.2) is 0 Å². The zero-order chi connectivity index (χ0) is 29.6. The summed E-state index contributed by atoms with van der Waals surface area (Å²) in [6.45, 7) is 2.41. The molecule has 0 aliphatic carbocycles. The average Bonchev–Trinajstić information content (AvgIpc) is 2.87. The van der Waals surface area contributed by atoms with Crippen LogP contribution >= 0.6 is 0 Å². The monoisotopic (exact) mass is 564 g/mol. The number of nitrogens with two attached hydrogens (primary N) is 1. The first kappa shape index (κ1) is 36.3. The van der Waals surface area contributed by atoms with E-state index in [-0.39, 0.29) is 45.2 Å². The van der Waals surface area contributed by atoms with E-state index in [2.05, 4.69) is 10.2 Å². The van der Waals surface area contributed by atoms with Gasteiger partial charge in [-0.15, -0.1) is 0 Å². The van der Waals surface area contributed by atoms with Gasteiger partial charge in [0.1, 0.15) is 18.9 Å². The molecule has 0 saturated carbocycles. The Bertz CT molecular complexity index is 744. The minimum atomic E-state index is -1.03. The molecule has 1 atom stereocenters. The quantitative estimate of drug-likeness (QED) is 0.0654. The van der Waals surface area contributed by atoms with Crippen molar-refractivity contribution in [2.75, 3.05) is 92.3 Å². The van der Waals surface area contributed by atoms with Crippen LogP contribution in [0.2, 0.25) is 0 Å². The summed E-state index contributed by atoms with van der Waals surface area (Å²) in [6.07, 6.45) is 2.15. The molecule has 1 amide bonds. The van der Waals surface area contributed by atoms with E-state index in [9.17, 15) is 39.3 Å². The maximum absolute atomic E-state index is 12.2. The summed E-state index contributed by atoms with van der Waals surface area (Å²) in [5.41, 5.74) is 0. The number of rotatable bonds is 15. The molecule has 1 aliphatic heterocycles. The summed E-state index contributed by atoms with van der Waals surface area (Å²) in [5, 5.41) is 38.1. The van der Waals surface area contributed by atoms with Gasteiger partial charge in [0.25, 0.3) is 0 Å². The lowest BCUT2D eigenvalue weighted by molar-refractivity contribution is -0.144. The molecule has 1 rings (SSSR count). The first-order valence-corrected chi connectivity index (χ1v) is 12.7. The van der Waals surface area contributed by atoms with Crippen LogP contribution in [0.3, 0.4) is 0 Å². The number of carbonyl (C=O) groups excluding carboxylic acids is 2. The number of amides is 1. The maximum atomic E-state index is 12.2. The number of hydrogen-bond acceptors (Lipinski definition) is 12. The lowest BCUT2D eigenvalue weighted by atomic mass is 10.1. The van der Waals surface area contributed by atoms with E-state index < -0.39 is 23.9 Å².